The first kappa shape index (κ1) is 24.8. The van der Waals surface area contributed by atoms with Gasteiger partial charge in [-0.2, -0.15) is 0 Å². The van der Waals surface area contributed by atoms with E-state index in [4.69, 9.17) is 32.7 Å². The van der Waals surface area contributed by atoms with E-state index in [1.54, 1.807) is 25.7 Å². The minimum absolute atomic E-state index is 0.00104. The molecule has 2 aliphatic heterocycles. The number of fused-ring (bicyclic) bond motifs is 1. The lowest BCUT2D eigenvalue weighted by atomic mass is 10.1. The van der Waals surface area contributed by atoms with Crippen LogP contribution < -0.4 is 15.1 Å². The molecule has 2 heterocycles. The molecular formula is C22H25Cl2F2N3O5. The number of hydrogen-bond acceptors (Lipinski definition) is 6. The van der Waals surface area contributed by atoms with Crippen molar-refractivity contribution in [2.24, 2.45) is 17.8 Å². The van der Waals surface area contributed by atoms with Crippen molar-refractivity contribution >= 4 is 52.5 Å². The molecule has 1 aliphatic carbocycles. The van der Waals surface area contributed by atoms with Crippen LogP contribution in [0.4, 0.5) is 25.0 Å². The number of nitrogens with one attached hydrogen (secondary N) is 1. The molecule has 0 radical (unpaired) electrons. The maximum absolute atomic E-state index is 15.0. The molecule has 0 aromatic heterocycles. The second-order valence-electron chi connectivity index (χ2n) is 9.71. The van der Waals surface area contributed by atoms with Crippen molar-refractivity contribution in [2.45, 2.75) is 37.3 Å². The van der Waals surface area contributed by atoms with E-state index < -0.39 is 40.2 Å². The molecule has 12 heteroatoms. The fourth-order valence-electron chi connectivity index (χ4n) is 4.57. The summed E-state index contributed by atoms with van der Waals surface area (Å²) in [5.41, 5.74) is -0.772. The minimum atomic E-state index is -1.26. The summed E-state index contributed by atoms with van der Waals surface area (Å²) < 4.78 is 40.5. The van der Waals surface area contributed by atoms with Gasteiger partial charge in [0.05, 0.1) is 24.7 Å². The fourth-order valence-corrected chi connectivity index (χ4v) is 4.72. The van der Waals surface area contributed by atoms with Gasteiger partial charge >= 0.3 is 12.1 Å². The second-order valence-corrected chi connectivity index (χ2v) is 10.8. The molecule has 2 saturated heterocycles. The van der Waals surface area contributed by atoms with Gasteiger partial charge in [0, 0.05) is 25.2 Å². The SMILES string of the molecule is CC(C)(C)OC(=O)C1[C@H]2CN(c3c(F)cc(N4C[C@H](CNC(=O)C(Cl)Cl)OC4=O)cc3F)C[C@@H]12. The van der Waals surface area contributed by atoms with E-state index >= 15 is 0 Å². The lowest BCUT2D eigenvalue weighted by Gasteiger charge is -2.25. The van der Waals surface area contributed by atoms with E-state index in [9.17, 15) is 23.2 Å². The number of carbonyl (C=O) groups excluding carboxylic acids is 3. The van der Waals surface area contributed by atoms with Crippen LogP contribution in [0.3, 0.4) is 0 Å². The number of alkyl halides is 2. The normalized spacial score (nSPS) is 25.9. The number of halogens is 4. The van der Waals surface area contributed by atoms with Gasteiger partial charge in [0.25, 0.3) is 5.91 Å². The van der Waals surface area contributed by atoms with Crippen LogP contribution in [0.15, 0.2) is 12.1 Å². The van der Waals surface area contributed by atoms with Gasteiger partial charge in [0.1, 0.15) is 17.4 Å². The van der Waals surface area contributed by atoms with Gasteiger partial charge in [-0.05, 0) is 32.6 Å². The summed E-state index contributed by atoms with van der Waals surface area (Å²) in [6.07, 6.45) is -1.52. The number of esters is 1. The highest BCUT2D eigenvalue weighted by Crippen LogP contribution is 2.54. The third kappa shape index (κ3) is 5.02. The highest BCUT2D eigenvalue weighted by atomic mass is 35.5. The molecule has 186 valence electrons. The van der Waals surface area contributed by atoms with Crippen LogP contribution in [0, 0.1) is 29.4 Å². The molecule has 3 fully saturated rings. The summed E-state index contributed by atoms with van der Waals surface area (Å²) in [4.78, 5) is 37.4. The number of cyclic esters (lactones) is 1. The highest BCUT2D eigenvalue weighted by Gasteiger charge is 2.61. The van der Waals surface area contributed by atoms with Crippen molar-refractivity contribution in [3.05, 3.63) is 23.8 Å². The summed E-state index contributed by atoms with van der Waals surface area (Å²) >= 11 is 10.9. The predicted octanol–water partition coefficient (Wildman–Crippen LogP) is 3.23. The van der Waals surface area contributed by atoms with Crippen LogP contribution in [-0.2, 0) is 19.1 Å². The molecule has 8 nitrogen and oxygen atoms in total. The van der Waals surface area contributed by atoms with Gasteiger partial charge in [0.15, 0.2) is 16.5 Å². The first-order valence-corrected chi connectivity index (χ1v) is 11.7. The number of nitrogens with zero attached hydrogens (tertiary/aromatic N) is 2. The number of ether oxygens (including phenoxy) is 2. The molecule has 0 bridgehead atoms. The number of amides is 2. The Hall–Kier alpha value is -2.33. The largest absolute Gasteiger partial charge is 0.460 e. The Morgan fingerprint density at radius 3 is 2.29 bits per heavy atom. The highest BCUT2D eigenvalue weighted by molar-refractivity contribution is 6.53. The zero-order chi connectivity index (χ0) is 24.9. The van der Waals surface area contributed by atoms with Gasteiger partial charge in [0.2, 0.25) is 0 Å². The second kappa shape index (κ2) is 9.03. The predicted molar refractivity (Wildman–Crippen MR) is 121 cm³/mol. The molecule has 1 unspecified atom stereocenters. The Kier molecular flexibility index (Phi) is 6.58. The number of rotatable bonds is 6. The summed E-state index contributed by atoms with van der Waals surface area (Å²) in [5.74, 6) is -2.80. The van der Waals surface area contributed by atoms with Gasteiger partial charge in [-0.1, -0.05) is 23.2 Å². The first-order chi connectivity index (χ1) is 15.9. The zero-order valence-electron chi connectivity index (χ0n) is 18.8. The van der Waals surface area contributed by atoms with Crippen molar-refractivity contribution in [1.29, 1.82) is 0 Å². The van der Waals surface area contributed by atoms with E-state index in [1.165, 1.54) is 0 Å². The molecular weight excluding hydrogens is 495 g/mol. The van der Waals surface area contributed by atoms with Crippen molar-refractivity contribution < 1.29 is 32.6 Å². The van der Waals surface area contributed by atoms with E-state index in [1.807, 2.05) is 0 Å². The maximum Gasteiger partial charge on any atom is 0.414 e. The minimum Gasteiger partial charge on any atom is -0.460 e. The Morgan fingerprint density at radius 2 is 1.76 bits per heavy atom. The molecule has 0 spiro atoms. The molecule has 1 aromatic rings. The van der Waals surface area contributed by atoms with Crippen LogP contribution >= 0.6 is 23.2 Å². The summed E-state index contributed by atoms with van der Waals surface area (Å²) in [6.45, 7) is 6.02. The molecule has 4 rings (SSSR count). The Labute approximate surface area is 205 Å². The van der Waals surface area contributed by atoms with E-state index in [2.05, 4.69) is 5.32 Å². The first-order valence-electron chi connectivity index (χ1n) is 10.9. The van der Waals surface area contributed by atoms with Gasteiger partial charge in [-0.15, -0.1) is 0 Å². The molecule has 1 N–H and O–H groups in total. The number of carbonyl (C=O) groups is 3. The van der Waals surface area contributed by atoms with E-state index in [-0.39, 0.29) is 48.2 Å². The Morgan fingerprint density at radius 1 is 1.18 bits per heavy atom. The Bertz CT molecular complexity index is 984. The van der Waals surface area contributed by atoms with Crippen molar-refractivity contribution in [3.8, 4) is 0 Å². The van der Waals surface area contributed by atoms with Crippen molar-refractivity contribution in [3.63, 3.8) is 0 Å². The number of piperidine rings is 1. The molecule has 2 amide bonds. The molecule has 1 saturated carbocycles. The third-order valence-electron chi connectivity index (χ3n) is 6.08. The average molecular weight is 520 g/mol. The number of anilines is 2. The van der Waals surface area contributed by atoms with Crippen LogP contribution in [0.5, 0.6) is 0 Å². The topological polar surface area (TPSA) is 88.2 Å². The molecule has 3 aliphatic rings. The maximum atomic E-state index is 15.0. The standard InChI is InChI=1S/C22H25Cl2F2N3O5/c1-22(2,3)34-20(31)16-12-8-28(9-13(12)16)17-14(25)4-10(5-15(17)26)29-7-11(33-21(29)32)6-27-19(30)18(23)24/h4-5,11-13,16,18H,6-9H2,1-3H3,(H,27,30)/t11-,12-,13+,16?/m0/s1. The Balaban J connectivity index is 1.39. The lowest BCUT2D eigenvalue weighted by Crippen LogP contribution is -2.37. The molecule has 1 aromatic carbocycles. The van der Waals surface area contributed by atoms with Crippen LogP contribution in [0.25, 0.3) is 0 Å². The summed E-state index contributed by atoms with van der Waals surface area (Å²) in [5, 5.41) is 2.42. The van der Waals surface area contributed by atoms with Crippen LogP contribution in [0.1, 0.15) is 20.8 Å². The zero-order valence-corrected chi connectivity index (χ0v) is 20.3. The lowest BCUT2D eigenvalue weighted by molar-refractivity contribution is -0.157. The molecule has 4 atom stereocenters. The smallest absolute Gasteiger partial charge is 0.414 e. The van der Waals surface area contributed by atoms with Gasteiger partial charge in [-0.25, -0.2) is 13.6 Å². The average Bonchev–Trinajstić information content (AvgIpc) is 3.02. The quantitative estimate of drug-likeness (QED) is 0.458. The van der Waals surface area contributed by atoms with Crippen LogP contribution in [0.2, 0.25) is 0 Å². The monoisotopic (exact) mass is 519 g/mol. The summed E-state index contributed by atoms with van der Waals surface area (Å²) in [6, 6.07) is 2.15. The fraction of sp³-hybridized carbons (Fsp3) is 0.591. The van der Waals surface area contributed by atoms with Crippen molar-refractivity contribution in [1.82, 2.24) is 5.32 Å². The van der Waals surface area contributed by atoms with Gasteiger partial charge < -0.3 is 19.7 Å². The summed E-state index contributed by atoms with van der Waals surface area (Å²) in [7, 11) is 0. The van der Waals surface area contributed by atoms with E-state index in [0.717, 1.165) is 17.0 Å². The van der Waals surface area contributed by atoms with Crippen molar-refractivity contribution in [2.75, 3.05) is 36.0 Å². The molecule has 34 heavy (non-hydrogen) atoms. The number of hydrogen-bond donors (Lipinski definition) is 1. The van der Waals surface area contributed by atoms with Gasteiger partial charge in [-0.3, -0.25) is 14.5 Å². The van der Waals surface area contributed by atoms with Crippen LogP contribution in [-0.4, -0.2) is 60.7 Å². The number of benzene rings is 1. The third-order valence-corrected chi connectivity index (χ3v) is 6.48. The van der Waals surface area contributed by atoms with E-state index in [0.29, 0.717) is 13.1 Å².